The first kappa shape index (κ1) is 13.6. The minimum absolute atomic E-state index is 0.210. The Hall–Kier alpha value is -2.80. The quantitative estimate of drug-likeness (QED) is 0.925. The number of amides is 1. The molecule has 0 aliphatic carbocycles. The number of benzene rings is 2. The van der Waals surface area contributed by atoms with Crippen molar-refractivity contribution in [1.82, 2.24) is 0 Å². The highest BCUT2D eigenvalue weighted by atomic mass is 16.5. The summed E-state index contributed by atoms with van der Waals surface area (Å²) in [5.41, 5.74) is 1.93. The summed E-state index contributed by atoms with van der Waals surface area (Å²) in [4.78, 5) is 12.1. The van der Waals surface area contributed by atoms with E-state index in [1.165, 1.54) is 0 Å². The number of anilines is 1. The second-order valence-corrected chi connectivity index (χ2v) is 4.18. The Labute approximate surface area is 117 Å². The predicted molar refractivity (Wildman–Crippen MR) is 76.7 cm³/mol. The van der Waals surface area contributed by atoms with Gasteiger partial charge in [-0.05, 0) is 23.8 Å². The number of nitriles is 1. The van der Waals surface area contributed by atoms with E-state index >= 15 is 0 Å². The zero-order valence-corrected chi connectivity index (χ0v) is 11.1. The predicted octanol–water partition coefficient (Wildman–Crippen LogP) is 3.01. The summed E-state index contributed by atoms with van der Waals surface area (Å²) in [5, 5.41) is 11.6. The number of nitrogens with zero attached hydrogens (tertiary/aromatic N) is 1. The van der Waals surface area contributed by atoms with Crippen molar-refractivity contribution in [3.63, 3.8) is 0 Å². The fourth-order valence-corrected chi connectivity index (χ4v) is 1.82. The molecule has 0 heterocycles. The van der Waals surface area contributed by atoms with Gasteiger partial charge in [-0.3, -0.25) is 4.79 Å². The number of ether oxygens (including phenoxy) is 1. The first-order valence-corrected chi connectivity index (χ1v) is 6.15. The lowest BCUT2D eigenvalue weighted by Gasteiger charge is -2.11. The highest BCUT2D eigenvalue weighted by Crippen LogP contribution is 2.23. The van der Waals surface area contributed by atoms with Crippen molar-refractivity contribution in [2.75, 3.05) is 12.4 Å². The second-order valence-electron chi connectivity index (χ2n) is 4.18. The molecule has 0 saturated heterocycles. The molecule has 0 fully saturated rings. The minimum Gasteiger partial charge on any atom is -0.497 e. The number of carbonyl (C=O) groups excluding carboxylic acids is 1. The molecule has 0 aliphatic heterocycles. The molecule has 0 bridgehead atoms. The third kappa shape index (κ3) is 3.15. The van der Waals surface area contributed by atoms with Gasteiger partial charge in [0.15, 0.2) is 0 Å². The van der Waals surface area contributed by atoms with Gasteiger partial charge in [-0.15, -0.1) is 0 Å². The largest absolute Gasteiger partial charge is 0.497 e. The van der Waals surface area contributed by atoms with Crippen LogP contribution >= 0.6 is 0 Å². The molecular formula is C16H14N2O2. The van der Waals surface area contributed by atoms with Crippen molar-refractivity contribution < 1.29 is 9.53 Å². The fourth-order valence-electron chi connectivity index (χ4n) is 1.82. The highest BCUT2D eigenvalue weighted by Gasteiger charge is 2.10. The number of rotatable bonds is 4. The molecule has 4 nitrogen and oxygen atoms in total. The summed E-state index contributed by atoms with van der Waals surface area (Å²) in [6, 6.07) is 16.3. The van der Waals surface area contributed by atoms with Crippen molar-refractivity contribution in [3.05, 3.63) is 59.7 Å². The standard InChI is InChI=1S/C16H14N2O2/c1-20-14-8-7-12(9-10-17)15(11-14)18-16(19)13-5-3-2-4-6-13/h2-8,11H,9H2,1H3,(H,18,19). The van der Waals surface area contributed by atoms with Crippen molar-refractivity contribution in [3.8, 4) is 11.8 Å². The first-order valence-electron chi connectivity index (χ1n) is 6.15. The first-order chi connectivity index (χ1) is 9.74. The smallest absolute Gasteiger partial charge is 0.255 e. The van der Waals surface area contributed by atoms with Crippen molar-refractivity contribution >= 4 is 11.6 Å². The maximum absolute atomic E-state index is 12.1. The lowest BCUT2D eigenvalue weighted by atomic mass is 10.1. The number of hydrogen-bond donors (Lipinski definition) is 1. The summed E-state index contributed by atoms with van der Waals surface area (Å²) in [6.45, 7) is 0. The van der Waals surface area contributed by atoms with E-state index in [9.17, 15) is 4.79 Å². The zero-order valence-electron chi connectivity index (χ0n) is 11.1. The molecule has 20 heavy (non-hydrogen) atoms. The Bertz CT molecular complexity index is 645. The van der Waals surface area contributed by atoms with Gasteiger partial charge < -0.3 is 10.1 Å². The number of methoxy groups -OCH3 is 1. The van der Waals surface area contributed by atoms with Gasteiger partial charge in [-0.25, -0.2) is 0 Å². The van der Waals surface area contributed by atoms with Crippen LogP contribution in [-0.2, 0) is 6.42 Å². The Kier molecular flexibility index (Phi) is 4.35. The van der Waals surface area contributed by atoms with E-state index in [2.05, 4.69) is 11.4 Å². The summed E-state index contributed by atoms with van der Waals surface area (Å²) in [7, 11) is 1.56. The third-order valence-electron chi connectivity index (χ3n) is 2.87. The van der Waals surface area contributed by atoms with Crippen LogP contribution in [-0.4, -0.2) is 13.0 Å². The van der Waals surface area contributed by atoms with Crippen LogP contribution in [0, 0.1) is 11.3 Å². The summed E-state index contributed by atoms with van der Waals surface area (Å²) >= 11 is 0. The minimum atomic E-state index is -0.210. The van der Waals surface area contributed by atoms with Gasteiger partial charge in [0.05, 0.1) is 19.6 Å². The van der Waals surface area contributed by atoms with Crippen LogP contribution in [0.4, 0.5) is 5.69 Å². The summed E-state index contributed by atoms with van der Waals surface area (Å²) in [5.74, 6) is 0.424. The lowest BCUT2D eigenvalue weighted by Crippen LogP contribution is -2.13. The Morgan fingerprint density at radius 1 is 1.25 bits per heavy atom. The van der Waals surface area contributed by atoms with Crippen molar-refractivity contribution in [2.24, 2.45) is 0 Å². The van der Waals surface area contributed by atoms with Crippen LogP contribution in [0.3, 0.4) is 0 Å². The highest BCUT2D eigenvalue weighted by molar-refractivity contribution is 6.04. The molecule has 100 valence electrons. The van der Waals surface area contributed by atoms with Crippen LogP contribution in [0.5, 0.6) is 5.75 Å². The molecule has 0 radical (unpaired) electrons. The molecule has 0 aromatic heterocycles. The normalized spacial score (nSPS) is 9.60. The Morgan fingerprint density at radius 3 is 2.65 bits per heavy atom. The molecule has 0 unspecified atom stereocenters. The van der Waals surface area contributed by atoms with Crippen LogP contribution in [0.2, 0.25) is 0 Å². The Balaban J connectivity index is 2.27. The maximum Gasteiger partial charge on any atom is 0.255 e. The van der Waals surface area contributed by atoms with E-state index in [0.717, 1.165) is 5.56 Å². The molecule has 1 N–H and O–H groups in total. The maximum atomic E-state index is 12.1. The van der Waals surface area contributed by atoms with Crippen LogP contribution in [0.1, 0.15) is 15.9 Å². The van der Waals surface area contributed by atoms with E-state index in [0.29, 0.717) is 17.0 Å². The number of nitrogens with one attached hydrogen (secondary N) is 1. The zero-order chi connectivity index (χ0) is 14.4. The van der Waals surface area contributed by atoms with Crippen LogP contribution in [0.15, 0.2) is 48.5 Å². The van der Waals surface area contributed by atoms with Crippen LogP contribution < -0.4 is 10.1 Å². The van der Waals surface area contributed by atoms with E-state index in [1.807, 2.05) is 6.07 Å². The van der Waals surface area contributed by atoms with Crippen LogP contribution in [0.25, 0.3) is 0 Å². The number of carbonyl (C=O) groups is 1. The van der Waals surface area contributed by atoms with Gasteiger partial charge >= 0.3 is 0 Å². The molecule has 0 atom stereocenters. The van der Waals surface area contributed by atoms with Crippen molar-refractivity contribution in [1.29, 1.82) is 5.26 Å². The average Bonchev–Trinajstić information content (AvgIpc) is 2.50. The summed E-state index contributed by atoms with van der Waals surface area (Å²) < 4.78 is 5.14. The van der Waals surface area contributed by atoms with Gasteiger partial charge in [-0.1, -0.05) is 24.3 Å². The van der Waals surface area contributed by atoms with E-state index in [-0.39, 0.29) is 12.3 Å². The average molecular weight is 266 g/mol. The van der Waals surface area contributed by atoms with E-state index in [1.54, 1.807) is 49.6 Å². The van der Waals surface area contributed by atoms with Gasteiger partial charge in [-0.2, -0.15) is 5.26 Å². The molecule has 1 amide bonds. The van der Waals surface area contributed by atoms with E-state index < -0.39 is 0 Å². The molecule has 2 aromatic rings. The molecule has 4 heteroatoms. The van der Waals surface area contributed by atoms with Gasteiger partial charge in [0.2, 0.25) is 0 Å². The summed E-state index contributed by atoms with van der Waals surface area (Å²) in [6.07, 6.45) is 0.231. The number of hydrogen-bond acceptors (Lipinski definition) is 3. The molecule has 0 spiro atoms. The van der Waals surface area contributed by atoms with Gasteiger partial charge in [0.1, 0.15) is 5.75 Å². The van der Waals surface area contributed by atoms with E-state index in [4.69, 9.17) is 10.00 Å². The van der Waals surface area contributed by atoms with Gasteiger partial charge in [0.25, 0.3) is 5.91 Å². The van der Waals surface area contributed by atoms with Gasteiger partial charge in [0, 0.05) is 17.3 Å². The molecule has 2 aromatic carbocycles. The molecule has 0 aliphatic rings. The SMILES string of the molecule is COc1ccc(CC#N)c(NC(=O)c2ccccc2)c1. The second kappa shape index (κ2) is 6.39. The monoisotopic (exact) mass is 266 g/mol. The molecule has 0 saturated carbocycles. The third-order valence-corrected chi connectivity index (χ3v) is 2.87. The topological polar surface area (TPSA) is 62.1 Å². The lowest BCUT2D eigenvalue weighted by molar-refractivity contribution is 0.102. The molecular weight excluding hydrogens is 252 g/mol. The Morgan fingerprint density at radius 2 is 2.00 bits per heavy atom. The fraction of sp³-hybridized carbons (Fsp3) is 0.125. The van der Waals surface area contributed by atoms with Crippen molar-refractivity contribution in [2.45, 2.75) is 6.42 Å². The molecule has 2 rings (SSSR count).